The number of rotatable bonds is 5. The molecule has 0 unspecified atom stereocenters. The predicted molar refractivity (Wildman–Crippen MR) is 67.3 cm³/mol. The Kier molecular flexibility index (Phi) is 4.02. The van der Waals surface area contributed by atoms with Crippen molar-refractivity contribution in [2.75, 3.05) is 7.11 Å². The Morgan fingerprint density at radius 3 is 2.61 bits per heavy atom. The van der Waals surface area contributed by atoms with Crippen molar-refractivity contribution in [3.63, 3.8) is 0 Å². The van der Waals surface area contributed by atoms with E-state index >= 15 is 0 Å². The van der Waals surface area contributed by atoms with E-state index in [0.717, 1.165) is 17.0 Å². The van der Waals surface area contributed by atoms with E-state index in [4.69, 9.17) is 4.74 Å². The van der Waals surface area contributed by atoms with Crippen LogP contribution >= 0.6 is 0 Å². The van der Waals surface area contributed by atoms with Crippen LogP contribution in [0.15, 0.2) is 42.6 Å². The van der Waals surface area contributed by atoms with Gasteiger partial charge in [-0.15, -0.1) is 0 Å². The van der Waals surface area contributed by atoms with Gasteiger partial charge >= 0.3 is 5.97 Å². The second-order valence-electron chi connectivity index (χ2n) is 3.88. The zero-order chi connectivity index (χ0) is 12.8. The molecule has 1 aromatic heterocycles. The van der Waals surface area contributed by atoms with Crippen molar-refractivity contribution in [1.29, 1.82) is 0 Å². The number of hydrogen-bond donors (Lipinski definition) is 1. The maximum absolute atomic E-state index is 11.1. The lowest BCUT2D eigenvalue weighted by molar-refractivity contribution is -0.139. The van der Waals surface area contributed by atoms with Crippen molar-refractivity contribution in [2.45, 2.75) is 13.0 Å². The summed E-state index contributed by atoms with van der Waals surface area (Å²) in [6.07, 6.45) is 2.14. The molecule has 1 N–H and O–H groups in total. The summed E-state index contributed by atoms with van der Waals surface area (Å²) in [5, 5.41) is 0. The number of carbonyl (C=O) groups is 1. The van der Waals surface area contributed by atoms with Crippen molar-refractivity contribution in [1.82, 2.24) is 4.98 Å². The van der Waals surface area contributed by atoms with Crippen LogP contribution in [-0.4, -0.2) is 18.1 Å². The first-order valence-corrected chi connectivity index (χ1v) is 5.69. The highest BCUT2D eigenvalue weighted by molar-refractivity contribution is 5.72. The average Bonchev–Trinajstić information content (AvgIpc) is 2.91. The zero-order valence-corrected chi connectivity index (χ0v) is 10.2. The summed E-state index contributed by atoms with van der Waals surface area (Å²) < 4.78 is 10.2. The van der Waals surface area contributed by atoms with Crippen molar-refractivity contribution >= 4 is 5.97 Å². The number of nitrogens with one attached hydrogen (secondary N) is 1. The normalized spacial score (nSPS) is 10.1. The Bertz CT molecular complexity index is 488. The van der Waals surface area contributed by atoms with E-state index < -0.39 is 0 Å². The van der Waals surface area contributed by atoms with Crippen LogP contribution in [0.3, 0.4) is 0 Å². The molecule has 4 heteroatoms. The molecule has 0 bridgehead atoms. The fraction of sp³-hybridized carbons (Fsp3) is 0.214. The van der Waals surface area contributed by atoms with Gasteiger partial charge in [0.15, 0.2) is 0 Å². The highest BCUT2D eigenvalue weighted by Gasteiger charge is 2.03. The summed E-state index contributed by atoms with van der Waals surface area (Å²) in [6, 6.07) is 11.3. The van der Waals surface area contributed by atoms with E-state index in [1.807, 2.05) is 42.6 Å². The van der Waals surface area contributed by atoms with Gasteiger partial charge in [-0.2, -0.15) is 0 Å². The number of aromatic nitrogens is 1. The molecule has 0 aliphatic carbocycles. The Morgan fingerprint density at radius 2 is 2.00 bits per heavy atom. The van der Waals surface area contributed by atoms with Gasteiger partial charge in [0.2, 0.25) is 0 Å². The van der Waals surface area contributed by atoms with E-state index in [1.54, 1.807) is 0 Å². The monoisotopic (exact) mass is 245 g/mol. The van der Waals surface area contributed by atoms with Gasteiger partial charge in [0.25, 0.3) is 0 Å². The van der Waals surface area contributed by atoms with Crippen LogP contribution in [0.5, 0.6) is 5.75 Å². The van der Waals surface area contributed by atoms with E-state index in [0.29, 0.717) is 6.61 Å². The maximum atomic E-state index is 11.1. The third-order valence-corrected chi connectivity index (χ3v) is 2.56. The average molecular weight is 245 g/mol. The number of ether oxygens (including phenoxy) is 2. The highest BCUT2D eigenvalue weighted by Crippen LogP contribution is 2.14. The molecule has 2 aromatic rings. The fourth-order valence-corrected chi connectivity index (χ4v) is 1.56. The first-order chi connectivity index (χ1) is 8.78. The second kappa shape index (κ2) is 5.91. The number of carbonyl (C=O) groups excluding carboxylic acids is 1. The molecule has 0 spiro atoms. The second-order valence-corrected chi connectivity index (χ2v) is 3.88. The van der Waals surface area contributed by atoms with Gasteiger partial charge < -0.3 is 14.5 Å². The number of aromatic amines is 1. The molecule has 1 aromatic carbocycles. The summed E-state index contributed by atoms with van der Waals surface area (Å²) in [7, 11) is 1.39. The van der Waals surface area contributed by atoms with Gasteiger partial charge in [-0.1, -0.05) is 12.1 Å². The third-order valence-electron chi connectivity index (χ3n) is 2.56. The predicted octanol–water partition coefficient (Wildman–Crippen LogP) is 2.31. The van der Waals surface area contributed by atoms with Gasteiger partial charge in [-0.3, -0.25) is 4.79 Å². The number of methoxy groups -OCH3 is 1. The minimum atomic E-state index is -0.241. The molecule has 1 heterocycles. The van der Waals surface area contributed by atoms with Crippen LogP contribution < -0.4 is 4.74 Å². The largest absolute Gasteiger partial charge is 0.487 e. The Morgan fingerprint density at radius 1 is 1.22 bits per heavy atom. The van der Waals surface area contributed by atoms with E-state index in [-0.39, 0.29) is 12.4 Å². The SMILES string of the molecule is COC(=O)Cc1ccc(OCc2ccc[nH]2)cc1. The lowest BCUT2D eigenvalue weighted by Crippen LogP contribution is -2.04. The first kappa shape index (κ1) is 12.2. The number of benzene rings is 1. The van der Waals surface area contributed by atoms with E-state index in [2.05, 4.69) is 9.72 Å². The first-order valence-electron chi connectivity index (χ1n) is 5.69. The molecule has 0 aliphatic rings. The van der Waals surface area contributed by atoms with Crippen LogP contribution in [0.25, 0.3) is 0 Å². The van der Waals surface area contributed by atoms with Crippen molar-refractivity contribution in [3.05, 3.63) is 53.9 Å². The van der Waals surface area contributed by atoms with Crippen LogP contribution in [-0.2, 0) is 22.6 Å². The van der Waals surface area contributed by atoms with Crippen LogP contribution in [0.4, 0.5) is 0 Å². The standard InChI is InChI=1S/C14H15NO3/c1-17-14(16)9-11-4-6-13(7-5-11)18-10-12-3-2-8-15-12/h2-8,15H,9-10H2,1H3. The smallest absolute Gasteiger partial charge is 0.309 e. The van der Waals surface area contributed by atoms with Gasteiger partial charge in [-0.25, -0.2) is 0 Å². The molecule has 0 radical (unpaired) electrons. The van der Waals surface area contributed by atoms with Crippen LogP contribution in [0.1, 0.15) is 11.3 Å². The third kappa shape index (κ3) is 3.38. The molecule has 0 saturated carbocycles. The Labute approximate surface area is 106 Å². The molecule has 4 nitrogen and oxygen atoms in total. The van der Waals surface area contributed by atoms with Crippen LogP contribution in [0.2, 0.25) is 0 Å². The Balaban J connectivity index is 1.89. The van der Waals surface area contributed by atoms with E-state index in [9.17, 15) is 4.79 Å². The Hall–Kier alpha value is -2.23. The summed E-state index contributed by atoms with van der Waals surface area (Å²) in [5.74, 6) is 0.535. The molecule has 0 amide bonds. The maximum Gasteiger partial charge on any atom is 0.309 e. The van der Waals surface area contributed by atoms with Crippen molar-refractivity contribution in [3.8, 4) is 5.75 Å². The van der Waals surface area contributed by atoms with Gasteiger partial charge in [-0.05, 0) is 29.8 Å². The molecule has 0 saturated heterocycles. The van der Waals surface area contributed by atoms with Crippen LogP contribution in [0, 0.1) is 0 Å². The number of H-pyrrole nitrogens is 1. The molecule has 0 atom stereocenters. The molecule has 18 heavy (non-hydrogen) atoms. The topological polar surface area (TPSA) is 51.3 Å². The molecule has 0 aliphatic heterocycles. The summed E-state index contributed by atoms with van der Waals surface area (Å²) in [6.45, 7) is 0.503. The molecule has 2 rings (SSSR count). The number of hydrogen-bond acceptors (Lipinski definition) is 3. The molecular weight excluding hydrogens is 230 g/mol. The van der Waals surface area contributed by atoms with Crippen molar-refractivity contribution < 1.29 is 14.3 Å². The van der Waals surface area contributed by atoms with E-state index in [1.165, 1.54) is 7.11 Å². The van der Waals surface area contributed by atoms with Crippen molar-refractivity contribution in [2.24, 2.45) is 0 Å². The molecule has 94 valence electrons. The summed E-state index contributed by atoms with van der Waals surface area (Å²) >= 11 is 0. The minimum absolute atomic E-state index is 0.241. The van der Waals surface area contributed by atoms with Gasteiger partial charge in [0.1, 0.15) is 12.4 Å². The quantitative estimate of drug-likeness (QED) is 0.822. The summed E-state index contributed by atoms with van der Waals surface area (Å²) in [4.78, 5) is 14.2. The summed E-state index contributed by atoms with van der Waals surface area (Å²) in [5.41, 5.74) is 1.93. The number of esters is 1. The molecule has 0 fully saturated rings. The minimum Gasteiger partial charge on any atom is -0.487 e. The van der Waals surface area contributed by atoms with Gasteiger partial charge in [0, 0.05) is 6.20 Å². The lowest BCUT2D eigenvalue weighted by Gasteiger charge is -2.06. The van der Waals surface area contributed by atoms with Gasteiger partial charge in [0.05, 0.1) is 19.2 Å². The highest BCUT2D eigenvalue weighted by atomic mass is 16.5. The molecular formula is C14H15NO3. The fourth-order valence-electron chi connectivity index (χ4n) is 1.56. The lowest BCUT2D eigenvalue weighted by atomic mass is 10.1. The zero-order valence-electron chi connectivity index (χ0n) is 10.2.